The quantitative estimate of drug-likeness (QED) is 0.770. The summed E-state index contributed by atoms with van der Waals surface area (Å²) in [5.74, 6) is -0.300. The first kappa shape index (κ1) is 14.2. The minimum atomic E-state index is -0.300. The highest BCUT2D eigenvalue weighted by atomic mass is 79.9. The largest absolute Gasteiger partial charge is 0.398 e. The minimum absolute atomic E-state index is 0.300. The van der Waals surface area contributed by atoms with Gasteiger partial charge in [0.2, 0.25) is 0 Å². The van der Waals surface area contributed by atoms with Gasteiger partial charge in [-0.15, -0.1) is 0 Å². The van der Waals surface area contributed by atoms with Crippen molar-refractivity contribution in [1.82, 2.24) is 0 Å². The molecule has 0 heterocycles. The summed E-state index contributed by atoms with van der Waals surface area (Å²) in [5.41, 5.74) is 7.27. The number of hydrogen-bond donors (Lipinski definition) is 2. The van der Waals surface area contributed by atoms with Crippen molar-refractivity contribution >= 4 is 56.4 Å². The molecule has 0 aliphatic rings. The zero-order valence-corrected chi connectivity index (χ0v) is 12.7. The first-order valence-corrected chi connectivity index (χ1v) is 6.83. The predicted octanol–water partition coefficient (Wildman–Crippen LogP) is 4.59. The molecule has 1 amide bonds. The second-order valence-electron chi connectivity index (χ2n) is 3.85. The van der Waals surface area contributed by atoms with E-state index >= 15 is 0 Å². The second-order valence-corrected chi connectivity index (χ2v) is 5.58. The summed E-state index contributed by atoms with van der Waals surface area (Å²) in [7, 11) is 0. The van der Waals surface area contributed by atoms with Crippen LogP contribution in [-0.2, 0) is 0 Å². The third-order valence-electron chi connectivity index (χ3n) is 2.38. The molecule has 3 nitrogen and oxygen atoms in total. The van der Waals surface area contributed by atoms with Crippen LogP contribution in [-0.4, -0.2) is 5.91 Å². The van der Waals surface area contributed by atoms with Crippen molar-refractivity contribution in [2.45, 2.75) is 0 Å². The lowest BCUT2D eigenvalue weighted by Crippen LogP contribution is -2.12. The summed E-state index contributed by atoms with van der Waals surface area (Å²) in [4.78, 5) is 12.0. The molecule has 0 aliphatic heterocycles. The Hall–Kier alpha value is -1.23. The zero-order valence-electron chi connectivity index (χ0n) is 9.58. The molecule has 19 heavy (non-hydrogen) atoms. The van der Waals surface area contributed by atoms with E-state index in [0.717, 1.165) is 4.47 Å². The Morgan fingerprint density at radius 2 is 1.74 bits per heavy atom. The van der Waals surface area contributed by atoms with Crippen LogP contribution in [0.15, 0.2) is 40.9 Å². The number of amides is 1. The highest BCUT2D eigenvalue weighted by Crippen LogP contribution is 2.24. The molecular weight excluding hydrogens is 351 g/mol. The topological polar surface area (TPSA) is 55.1 Å². The van der Waals surface area contributed by atoms with Crippen molar-refractivity contribution in [3.8, 4) is 0 Å². The van der Waals surface area contributed by atoms with Gasteiger partial charge < -0.3 is 11.1 Å². The normalized spacial score (nSPS) is 10.3. The van der Waals surface area contributed by atoms with Gasteiger partial charge in [0, 0.05) is 31.5 Å². The van der Waals surface area contributed by atoms with E-state index in [9.17, 15) is 4.79 Å². The average molecular weight is 360 g/mol. The van der Waals surface area contributed by atoms with E-state index < -0.39 is 0 Å². The standard InChI is InChI=1S/C13H9BrCl2N2O/c14-11-2-1-10(6-12(11)17)18-13(19)7-3-8(15)5-9(16)4-7/h1-6H,17H2,(H,18,19). The van der Waals surface area contributed by atoms with Crippen molar-refractivity contribution in [3.63, 3.8) is 0 Å². The predicted molar refractivity (Wildman–Crippen MR) is 83.0 cm³/mol. The number of benzene rings is 2. The van der Waals surface area contributed by atoms with Gasteiger partial charge in [-0.1, -0.05) is 23.2 Å². The molecule has 0 aliphatic carbocycles. The summed E-state index contributed by atoms with van der Waals surface area (Å²) in [6.07, 6.45) is 0. The van der Waals surface area contributed by atoms with Gasteiger partial charge in [-0.25, -0.2) is 0 Å². The number of carbonyl (C=O) groups is 1. The van der Waals surface area contributed by atoms with Crippen LogP contribution in [0.4, 0.5) is 11.4 Å². The van der Waals surface area contributed by atoms with E-state index in [1.165, 1.54) is 0 Å². The molecule has 2 rings (SSSR count). The van der Waals surface area contributed by atoms with Gasteiger partial charge in [-0.3, -0.25) is 4.79 Å². The van der Waals surface area contributed by atoms with Crippen LogP contribution < -0.4 is 11.1 Å². The third kappa shape index (κ3) is 3.62. The zero-order chi connectivity index (χ0) is 14.0. The number of carbonyl (C=O) groups excluding carboxylic acids is 1. The van der Waals surface area contributed by atoms with E-state index in [1.54, 1.807) is 36.4 Å². The maximum absolute atomic E-state index is 12.0. The molecule has 0 bridgehead atoms. The highest BCUT2D eigenvalue weighted by molar-refractivity contribution is 9.10. The Balaban J connectivity index is 2.22. The fourth-order valence-electron chi connectivity index (χ4n) is 1.51. The Morgan fingerprint density at radius 3 is 2.32 bits per heavy atom. The fourth-order valence-corrected chi connectivity index (χ4v) is 2.28. The van der Waals surface area contributed by atoms with Gasteiger partial charge in [-0.05, 0) is 52.3 Å². The summed E-state index contributed by atoms with van der Waals surface area (Å²) < 4.78 is 0.774. The smallest absolute Gasteiger partial charge is 0.255 e. The van der Waals surface area contributed by atoms with Gasteiger partial charge in [0.1, 0.15) is 0 Å². The Morgan fingerprint density at radius 1 is 1.11 bits per heavy atom. The number of nitrogen functional groups attached to an aromatic ring is 1. The molecule has 0 saturated heterocycles. The molecule has 0 unspecified atom stereocenters. The molecule has 0 aromatic heterocycles. The van der Waals surface area contributed by atoms with Gasteiger partial charge >= 0.3 is 0 Å². The van der Waals surface area contributed by atoms with E-state index in [0.29, 0.717) is 27.0 Å². The molecule has 0 atom stereocenters. The Bertz CT molecular complexity index is 626. The van der Waals surface area contributed by atoms with Crippen molar-refractivity contribution in [3.05, 3.63) is 56.5 Å². The molecule has 98 valence electrons. The monoisotopic (exact) mass is 358 g/mol. The maximum Gasteiger partial charge on any atom is 0.255 e. The molecule has 2 aromatic carbocycles. The van der Waals surface area contributed by atoms with E-state index in [-0.39, 0.29) is 5.91 Å². The summed E-state index contributed by atoms with van der Waals surface area (Å²) in [6.45, 7) is 0. The fraction of sp³-hybridized carbons (Fsp3) is 0. The van der Waals surface area contributed by atoms with Crippen molar-refractivity contribution in [2.24, 2.45) is 0 Å². The number of anilines is 2. The third-order valence-corrected chi connectivity index (χ3v) is 3.54. The summed E-state index contributed by atoms with van der Waals surface area (Å²) in [5, 5.41) is 3.54. The van der Waals surface area contributed by atoms with Crippen LogP contribution in [0.3, 0.4) is 0 Å². The Kier molecular flexibility index (Phi) is 4.34. The average Bonchev–Trinajstić information content (AvgIpc) is 2.32. The lowest BCUT2D eigenvalue weighted by molar-refractivity contribution is 0.102. The number of hydrogen-bond acceptors (Lipinski definition) is 2. The first-order valence-electron chi connectivity index (χ1n) is 5.28. The van der Waals surface area contributed by atoms with Gasteiger partial charge in [0.15, 0.2) is 0 Å². The van der Waals surface area contributed by atoms with Crippen LogP contribution in [0.2, 0.25) is 10.0 Å². The lowest BCUT2D eigenvalue weighted by atomic mass is 10.2. The van der Waals surface area contributed by atoms with Crippen LogP contribution in [0, 0.1) is 0 Å². The van der Waals surface area contributed by atoms with E-state index in [2.05, 4.69) is 21.2 Å². The van der Waals surface area contributed by atoms with Crippen molar-refractivity contribution in [1.29, 1.82) is 0 Å². The molecule has 0 radical (unpaired) electrons. The van der Waals surface area contributed by atoms with Crippen molar-refractivity contribution in [2.75, 3.05) is 11.1 Å². The molecule has 3 N–H and O–H groups in total. The molecule has 0 saturated carbocycles. The lowest BCUT2D eigenvalue weighted by Gasteiger charge is -2.07. The summed E-state index contributed by atoms with van der Waals surface area (Å²) >= 11 is 15.0. The van der Waals surface area contributed by atoms with Crippen LogP contribution in [0.1, 0.15) is 10.4 Å². The molecule has 6 heteroatoms. The van der Waals surface area contributed by atoms with E-state index in [1.807, 2.05) is 0 Å². The SMILES string of the molecule is Nc1cc(NC(=O)c2cc(Cl)cc(Cl)c2)ccc1Br. The van der Waals surface area contributed by atoms with Gasteiger partial charge in [0.25, 0.3) is 5.91 Å². The number of nitrogens with one attached hydrogen (secondary N) is 1. The summed E-state index contributed by atoms with van der Waals surface area (Å²) in [6, 6.07) is 9.82. The Labute approximate surface area is 128 Å². The number of rotatable bonds is 2. The minimum Gasteiger partial charge on any atom is -0.398 e. The van der Waals surface area contributed by atoms with Gasteiger partial charge in [-0.2, -0.15) is 0 Å². The molecular formula is C13H9BrCl2N2O. The van der Waals surface area contributed by atoms with E-state index in [4.69, 9.17) is 28.9 Å². The number of halogens is 3. The molecule has 2 aromatic rings. The van der Waals surface area contributed by atoms with Gasteiger partial charge in [0.05, 0.1) is 0 Å². The molecule has 0 spiro atoms. The highest BCUT2D eigenvalue weighted by Gasteiger charge is 2.09. The maximum atomic E-state index is 12.0. The van der Waals surface area contributed by atoms with Crippen LogP contribution in [0.25, 0.3) is 0 Å². The van der Waals surface area contributed by atoms with Crippen molar-refractivity contribution < 1.29 is 4.79 Å². The van der Waals surface area contributed by atoms with Crippen LogP contribution in [0.5, 0.6) is 0 Å². The molecule has 0 fully saturated rings. The number of nitrogens with two attached hydrogens (primary N) is 1. The second kappa shape index (κ2) is 5.82. The first-order chi connectivity index (χ1) is 8.95. The van der Waals surface area contributed by atoms with Crippen LogP contribution >= 0.6 is 39.1 Å².